The van der Waals surface area contributed by atoms with Gasteiger partial charge in [-0.25, -0.2) is 4.98 Å². The number of pyridine rings is 1. The maximum Gasteiger partial charge on any atom is 0.258 e. The summed E-state index contributed by atoms with van der Waals surface area (Å²) in [6.45, 7) is 3.42. The first-order valence-corrected chi connectivity index (χ1v) is 8.32. The molecular formula is C19H20N4O4. The molecular weight excluding hydrogens is 348 g/mol. The van der Waals surface area contributed by atoms with Gasteiger partial charge in [0.15, 0.2) is 0 Å². The molecule has 1 N–H and O–H groups in total. The van der Waals surface area contributed by atoms with Crippen LogP contribution in [0.3, 0.4) is 0 Å². The van der Waals surface area contributed by atoms with Crippen molar-refractivity contribution in [2.75, 3.05) is 26.0 Å². The molecule has 2 heterocycles. The van der Waals surface area contributed by atoms with Gasteiger partial charge in [0.05, 0.1) is 30.3 Å². The highest BCUT2D eigenvalue weighted by Gasteiger charge is 2.22. The summed E-state index contributed by atoms with van der Waals surface area (Å²) >= 11 is 0. The summed E-state index contributed by atoms with van der Waals surface area (Å²) in [6.07, 6.45) is 0. The molecule has 0 fully saturated rings. The van der Waals surface area contributed by atoms with Gasteiger partial charge in [-0.1, -0.05) is 5.16 Å². The van der Waals surface area contributed by atoms with Crippen LogP contribution in [0.15, 0.2) is 34.9 Å². The smallest absolute Gasteiger partial charge is 0.258 e. The average Bonchev–Trinajstić information content (AvgIpc) is 3.01. The van der Waals surface area contributed by atoms with Crippen LogP contribution in [0.2, 0.25) is 0 Å². The number of carbonyl (C=O) groups excluding carboxylic acids is 2. The van der Waals surface area contributed by atoms with E-state index in [1.54, 1.807) is 58.3 Å². The molecule has 2 aromatic heterocycles. The molecule has 140 valence electrons. The van der Waals surface area contributed by atoms with Crippen molar-refractivity contribution >= 4 is 28.6 Å². The zero-order valence-corrected chi connectivity index (χ0v) is 15.6. The van der Waals surface area contributed by atoms with Gasteiger partial charge in [-0.3, -0.25) is 9.59 Å². The lowest BCUT2D eigenvalue weighted by Gasteiger charge is -2.17. The van der Waals surface area contributed by atoms with Gasteiger partial charge in [-0.05, 0) is 44.2 Å². The fourth-order valence-corrected chi connectivity index (χ4v) is 2.75. The van der Waals surface area contributed by atoms with Crippen molar-refractivity contribution in [3.05, 3.63) is 47.3 Å². The van der Waals surface area contributed by atoms with Crippen molar-refractivity contribution in [3.63, 3.8) is 0 Å². The minimum absolute atomic E-state index is 0.0992. The highest BCUT2D eigenvalue weighted by Crippen LogP contribution is 2.23. The Morgan fingerprint density at radius 2 is 1.93 bits per heavy atom. The largest absolute Gasteiger partial charge is 0.497 e. The lowest BCUT2D eigenvalue weighted by atomic mass is 10.1. The van der Waals surface area contributed by atoms with Crippen LogP contribution in [0.1, 0.15) is 21.7 Å². The maximum atomic E-state index is 12.9. The molecule has 8 heteroatoms. The van der Waals surface area contributed by atoms with E-state index < -0.39 is 0 Å². The number of rotatable bonds is 5. The van der Waals surface area contributed by atoms with Crippen molar-refractivity contribution in [2.45, 2.75) is 13.8 Å². The number of hydrogen-bond donors (Lipinski definition) is 1. The van der Waals surface area contributed by atoms with E-state index in [1.165, 1.54) is 4.90 Å². The number of aryl methyl sites for hydroxylation is 2. The van der Waals surface area contributed by atoms with Gasteiger partial charge in [0.1, 0.15) is 5.75 Å². The molecule has 0 bridgehead atoms. The van der Waals surface area contributed by atoms with Gasteiger partial charge >= 0.3 is 0 Å². The summed E-state index contributed by atoms with van der Waals surface area (Å²) in [6, 6.07) is 8.63. The number of aromatic nitrogens is 2. The number of benzene rings is 1. The van der Waals surface area contributed by atoms with Gasteiger partial charge in [-0.2, -0.15) is 0 Å². The summed E-state index contributed by atoms with van der Waals surface area (Å²) in [5.41, 5.74) is 2.57. The summed E-state index contributed by atoms with van der Waals surface area (Å²) in [7, 11) is 3.14. The lowest BCUT2D eigenvalue weighted by molar-refractivity contribution is -0.116. The third-order valence-electron chi connectivity index (χ3n) is 4.08. The van der Waals surface area contributed by atoms with Crippen LogP contribution in [0, 0.1) is 13.8 Å². The monoisotopic (exact) mass is 368 g/mol. The standard InChI is InChI=1S/C19H20N4O4/c1-11-9-15(17-12(2)22-27-18(17)20-11)19(25)23(3)10-16(24)21-13-5-7-14(26-4)8-6-13/h5-9H,10H2,1-4H3,(H,21,24). The van der Waals surface area contributed by atoms with Crippen molar-refractivity contribution < 1.29 is 18.8 Å². The molecule has 3 rings (SSSR count). The van der Waals surface area contributed by atoms with Gasteiger partial charge in [0, 0.05) is 18.4 Å². The first kappa shape index (κ1) is 18.4. The highest BCUT2D eigenvalue weighted by molar-refractivity contribution is 6.07. The van der Waals surface area contributed by atoms with E-state index in [0.717, 1.165) is 0 Å². The normalized spacial score (nSPS) is 10.7. The lowest BCUT2D eigenvalue weighted by Crippen LogP contribution is -2.35. The van der Waals surface area contributed by atoms with E-state index >= 15 is 0 Å². The first-order chi connectivity index (χ1) is 12.9. The number of methoxy groups -OCH3 is 1. The van der Waals surface area contributed by atoms with Crippen LogP contribution < -0.4 is 10.1 Å². The number of fused-ring (bicyclic) bond motifs is 1. The topological polar surface area (TPSA) is 97.6 Å². The van der Waals surface area contributed by atoms with Crippen LogP contribution in [-0.4, -0.2) is 47.6 Å². The van der Waals surface area contributed by atoms with Crippen LogP contribution in [0.25, 0.3) is 11.1 Å². The number of anilines is 1. The van der Waals surface area contributed by atoms with Crippen molar-refractivity contribution in [3.8, 4) is 5.75 Å². The average molecular weight is 368 g/mol. The van der Waals surface area contributed by atoms with Gasteiger partial charge in [-0.15, -0.1) is 0 Å². The van der Waals surface area contributed by atoms with Crippen molar-refractivity contribution in [2.24, 2.45) is 0 Å². The summed E-state index contributed by atoms with van der Waals surface area (Å²) < 4.78 is 10.2. The van der Waals surface area contributed by atoms with Crippen molar-refractivity contribution in [1.82, 2.24) is 15.0 Å². The highest BCUT2D eigenvalue weighted by atomic mass is 16.5. The van der Waals surface area contributed by atoms with E-state index in [-0.39, 0.29) is 18.4 Å². The number of ether oxygens (including phenoxy) is 1. The molecule has 0 radical (unpaired) electrons. The van der Waals surface area contributed by atoms with E-state index in [0.29, 0.717) is 39.5 Å². The predicted molar refractivity (Wildman–Crippen MR) is 99.9 cm³/mol. The Morgan fingerprint density at radius 3 is 2.59 bits per heavy atom. The van der Waals surface area contributed by atoms with E-state index in [9.17, 15) is 9.59 Å². The Balaban J connectivity index is 1.74. The molecule has 0 saturated carbocycles. The third kappa shape index (κ3) is 3.89. The van der Waals surface area contributed by atoms with Gasteiger partial charge in [0.25, 0.3) is 11.6 Å². The van der Waals surface area contributed by atoms with Crippen LogP contribution in [0.4, 0.5) is 5.69 Å². The van der Waals surface area contributed by atoms with Crippen LogP contribution in [0.5, 0.6) is 5.75 Å². The summed E-state index contributed by atoms with van der Waals surface area (Å²) in [5.74, 6) is 0.0863. The molecule has 3 aromatic rings. The van der Waals surface area contributed by atoms with E-state index in [2.05, 4.69) is 15.5 Å². The number of carbonyl (C=O) groups is 2. The fraction of sp³-hybridized carbons (Fsp3) is 0.263. The molecule has 0 aliphatic heterocycles. The molecule has 2 amide bonds. The quantitative estimate of drug-likeness (QED) is 0.743. The molecule has 0 spiro atoms. The summed E-state index contributed by atoms with van der Waals surface area (Å²) in [5, 5.41) is 7.19. The first-order valence-electron chi connectivity index (χ1n) is 8.32. The maximum absolute atomic E-state index is 12.9. The Hall–Kier alpha value is -3.42. The second kappa shape index (κ2) is 7.45. The number of amides is 2. The third-order valence-corrected chi connectivity index (χ3v) is 4.08. The minimum Gasteiger partial charge on any atom is -0.497 e. The minimum atomic E-state index is -0.305. The molecule has 27 heavy (non-hydrogen) atoms. The van der Waals surface area contributed by atoms with Gasteiger partial charge in [0.2, 0.25) is 5.91 Å². The van der Waals surface area contributed by atoms with Gasteiger partial charge < -0.3 is 19.5 Å². The summed E-state index contributed by atoms with van der Waals surface area (Å²) in [4.78, 5) is 30.7. The Bertz CT molecular complexity index is 995. The molecule has 8 nitrogen and oxygen atoms in total. The molecule has 0 aliphatic carbocycles. The van der Waals surface area contributed by atoms with E-state index in [4.69, 9.17) is 9.26 Å². The second-order valence-electron chi connectivity index (χ2n) is 6.20. The zero-order valence-electron chi connectivity index (χ0n) is 15.6. The number of hydrogen-bond acceptors (Lipinski definition) is 6. The van der Waals surface area contributed by atoms with Crippen LogP contribution in [-0.2, 0) is 4.79 Å². The number of nitrogens with one attached hydrogen (secondary N) is 1. The second-order valence-corrected chi connectivity index (χ2v) is 6.20. The molecule has 0 saturated heterocycles. The van der Waals surface area contributed by atoms with Crippen molar-refractivity contribution in [1.29, 1.82) is 0 Å². The number of nitrogens with zero attached hydrogens (tertiary/aromatic N) is 3. The Kier molecular flexibility index (Phi) is 5.07. The molecule has 0 atom stereocenters. The molecule has 0 unspecified atom stereocenters. The van der Waals surface area contributed by atoms with Crippen LogP contribution >= 0.6 is 0 Å². The van der Waals surface area contributed by atoms with E-state index in [1.807, 2.05) is 0 Å². The molecule has 1 aromatic carbocycles. The Morgan fingerprint density at radius 1 is 1.22 bits per heavy atom. The fourth-order valence-electron chi connectivity index (χ4n) is 2.75. The zero-order chi connectivity index (χ0) is 19.6. The molecule has 0 aliphatic rings. The SMILES string of the molecule is COc1ccc(NC(=O)CN(C)C(=O)c2cc(C)nc3onc(C)c23)cc1. The number of likely N-dealkylation sites (N-methyl/N-ethyl adjacent to an activating group) is 1. The Labute approximate surface area is 156 Å². The predicted octanol–water partition coefficient (Wildman–Crippen LogP) is 2.56.